The molecular weight excluding hydrogens is 244 g/mol. The minimum Gasteiger partial charge on any atom is -0.154 e. The number of fused-ring (bicyclic) bond motifs is 5. The van der Waals surface area contributed by atoms with Gasteiger partial charge in [0.05, 0.1) is 11.4 Å². The highest BCUT2D eigenvalue weighted by atomic mass is 15.1. The third-order valence-corrected chi connectivity index (χ3v) is 6.02. The monoisotopic (exact) mass is 264 g/mol. The van der Waals surface area contributed by atoms with Crippen LogP contribution in [0.4, 0.5) is 0 Å². The van der Waals surface area contributed by atoms with E-state index in [-0.39, 0.29) is 5.41 Å². The van der Waals surface area contributed by atoms with E-state index in [1.54, 1.807) is 0 Å². The van der Waals surface area contributed by atoms with Crippen LogP contribution in [-0.2, 0) is 5.41 Å². The Hall–Kier alpha value is -1.70. The predicted octanol–water partition coefficient (Wildman–Crippen LogP) is 4.32. The maximum atomic E-state index is 4.64. The van der Waals surface area contributed by atoms with Gasteiger partial charge >= 0.3 is 0 Å². The first-order chi connectivity index (χ1) is 9.54. The number of hydrogen-bond donors (Lipinski definition) is 0. The Morgan fingerprint density at radius 2 is 1.80 bits per heavy atom. The van der Waals surface area contributed by atoms with E-state index < -0.39 is 0 Å². The zero-order chi connectivity index (χ0) is 14.0. The second-order valence-electron chi connectivity index (χ2n) is 7.04. The van der Waals surface area contributed by atoms with Crippen LogP contribution in [0, 0.1) is 5.41 Å². The van der Waals surface area contributed by atoms with Crippen LogP contribution in [0.1, 0.15) is 50.8 Å². The van der Waals surface area contributed by atoms with Crippen LogP contribution in [0.3, 0.4) is 0 Å². The van der Waals surface area contributed by atoms with Crippen molar-refractivity contribution in [1.82, 2.24) is 10.2 Å². The van der Waals surface area contributed by atoms with Crippen LogP contribution in [0.15, 0.2) is 36.4 Å². The van der Waals surface area contributed by atoms with Gasteiger partial charge in [-0.3, -0.25) is 0 Å². The summed E-state index contributed by atoms with van der Waals surface area (Å²) in [5, 5.41) is 9.14. The highest BCUT2D eigenvalue weighted by molar-refractivity contribution is 5.61. The van der Waals surface area contributed by atoms with Crippen LogP contribution < -0.4 is 0 Å². The first kappa shape index (κ1) is 12.1. The molecule has 1 aromatic heterocycles. The van der Waals surface area contributed by atoms with Crippen LogP contribution in [0.5, 0.6) is 0 Å². The second kappa shape index (κ2) is 3.69. The van der Waals surface area contributed by atoms with Crippen molar-refractivity contribution in [3.63, 3.8) is 0 Å². The van der Waals surface area contributed by atoms with Crippen molar-refractivity contribution in [2.75, 3.05) is 0 Å². The van der Waals surface area contributed by atoms with Gasteiger partial charge < -0.3 is 0 Å². The molecule has 0 amide bonds. The average molecular weight is 264 g/mol. The lowest BCUT2D eigenvalue weighted by Gasteiger charge is -2.33. The molecule has 1 saturated carbocycles. The van der Waals surface area contributed by atoms with Gasteiger partial charge in [-0.05, 0) is 35.8 Å². The molecular formula is C18H20N2. The Morgan fingerprint density at radius 3 is 2.55 bits per heavy atom. The molecule has 0 saturated heterocycles. The molecule has 0 unspecified atom stereocenters. The second-order valence-corrected chi connectivity index (χ2v) is 7.04. The van der Waals surface area contributed by atoms with Gasteiger partial charge in [0.2, 0.25) is 0 Å². The molecule has 1 fully saturated rings. The molecule has 0 aliphatic heterocycles. The number of rotatable bonds is 1. The van der Waals surface area contributed by atoms with Crippen molar-refractivity contribution in [3.05, 3.63) is 47.7 Å². The zero-order valence-electron chi connectivity index (χ0n) is 12.4. The lowest BCUT2D eigenvalue weighted by molar-refractivity contribution is 0.226. The Bertz CT molecular complexity index is 675. The van der Waals surface area contributed by atoms with Crippen LogP contribution in [0.2, 0.25) is 0 Å². The van der Waals surface area contributed by atoms with Gasteiger partial charge in [-0.25, -0.2) is 0 Å². The fourth-order valence-corrected chi connectivity index (χ4v) is 4.32. The van der Waals surface area contributed by atoms with Gasteiger partial charge in [-0.15, -0.1) is 0 Å². The van der Waals surface area contributed by atoms with Gasteiger partial charge in [0, 0.05) is 11.0 Å². The predicted molar refractivity (Wildman–Crippen MR) is 80.6 cm³/mol. The van der Waals surface area contributed by atoms with Crippen molar-refractivity contribution in [3.8, 4) is 11.3 Å². The van der Waals surface area contributed by atoms with E-state index in [1.165, 1.54) is 24.1 Å². The van der Waals surface area contributed by atoms with Crippen LogP contribution in [-0.4, -0.2) is 10.2 Å². The van der Waals surface area contributed by atoms with Gasteiger partial charge in [-0.1, -0.05) is 51.1 Å². The average Bonchev–Trinajstić information content (AvgIpc) is 2.79. The van der Waals surface area contributed by atoms with Gasteiger partial charge in [0.25, 0.3) is 0 Å². The molecule has 20 heavy (non-hydrogen) atoms. The van der Waals surface area contributed by atoms with Crippen molar-refractivity contribution in [1.29, 1.82) is 0 Å². The summed E-state index contributed by atoms with van der Waals surface area (Å²) in [6, 6.07) is 12.7. The molecule has 2 aliphatic carbocycles. The van der Waals surface area contributed by atoms with Crippen molar-refractivity contribution < 1.29 is 0 Å². The molecule has 1 heterocycles. The number of hydrogen-bond acceptors (Lipinski definition) is 2. The Morgan fingerprint density at radius 1 is 1.05 bits per heavy atom. The van der Waals surface area contributed by atoms with E-state index in [9.17, 15) is 0 Å². The zero-order valence-corrected chi connectivity index (χ0v) is 12.4. The number of aromatic nitrogens is 2. The van der Waals surface area contributed by atoms with Crippen molar-refractivity contribution in [2.45, 2.75) is 44.9 Å². The Labute approximate surface area is 120 Å². The maximum absolute atomic E-state index is 4.64. The third kappa shape index (κ3) is 1.29. The lowest BCUT2D eigenvalue weighted by Crippen LogP contribution is -2.32. The molecule has 2 aliphatic rings. The molecule has 2 atom stereocenters. The van der Waals surface area contributed by atoms with E-state index in [2.05, 4.69) is 61.3 Å². The van der Waals surface area contributed by atoms with Gasteiger partial charge in [-0.2, -0.15) is 10.2 Å². The quantitative estimate of drug-likeness (QED) is 0.766. The summed E-state index contributed by atoms with van der Waals surface area (Å²) in [4.78, 5) is 0. The molecule has 4 rings (SSSR count). The Kier molecular flexibility index (Phi) is 2.23. The molecule has 0 spiro atoms. The SMILES string of the molecule is CC1(C)[C@@H]2CC[C@@]1(C)c1nnc(-c3ccccc3)cc12. The standard InChI is InChI=1S/C18H20N2/c1-17(2)14-9-10-18(17,3)16-13(14)11-15(19-20-16)12-7-5-4-6-8-12/h4-8,11,14H,9-10H2,1-3H3/t14-,18+/m1/s1. The lowest BCUT2D eigenvalue weighted by atomic mass is 9.70. The molecule has 2 bridgehead atoms. The summed E-state index contributed by atoms with van der Waals surface area (Å²) >= 11 is 0. The summed E-state index contributed by atoms with van der Waals surface area (Å²) in [6.07, 6.45) is 2.54. The highest BCUT2D eigenvalue weighted by Gasteiger charge is 2.60. The van der Waals surface area contributed by atoms with Crippen LogP contribution >= 0.6 is 0 Å². The van der Waals surface area contributed by atoms with Gasteiger partial charge in [0.15, 0.2) is 0 Å². The summed E-state index contributed by atoms with van der Waals surface area (Å²) in [5.74, 6) is 0.639. The smallest absolute Gasteiger partial charge is 0.0932 e. The molecule has 2 aromatic rings. The maximum Gasteiger partial charge on any atom is 0.0932 e. The molecule has 2 heteroatoms. The van der Waals surface area contributed by atoms with E-state index >= 15 is 0 Å². The summed E-state index contributed by atoms with van der Waals surface area (Å²) in [5.41, 5.74) is 5.37. The van der Waals surface area contributed by atoms with Gasteiger partial charge in [0.1, 0.15) is 0 Å². The fraction of sp³-hybridized carbons (Fsp3) is 0.444. The first-order valence-electron chi connectivity index (χ1n) is 7.47. The van der Waals surface area contributed by atoms with Crippen molar-refractivity contribution >= 4 is 0 Å². The van der Waals surface area contributed by atoms with E-state index in [1.807, 2.05) is 6.07 Å². The van der Waals surface area contributed by atoms with Crippen molar-refractivity contribution in [2.24, 2.45) is 5.41 Å². The number of nitrogens with zero attached hydrogens (tertiary/aromatic N) is 2. The Balaban J connectivity index is 1.88. The highest BCUT2D eigenvalue weighted by Crippen LogP contribution is 2.67. The summed E-state index contributed by atoms with van der Waals surface area (Å²) in [7, 11) is 0. The molecule has 2 nitrogen and oxygen atoms in total. The molecule has 102 valence electrons. The minimum absolute atomic E-state index is 0.204. The topological polar surface area (TPSA) is 25.8 Å². The number of benzene rings is 1. The molecule has 0 N–H and O–H groups in total. The van der Waals surface area contributed by atoms with E-state index in [0.29, 0.717) is 11.3 Å². The fourth-order valence-electron chi connectivity index (χ4n) is 4.32. The largest absolute Gasteiger partial charge is 0.154 e. The minimum atomic E-state index is 0.204. The molecule has 1 aromatic carbocycles. The third-order valence-electron chi connectivity index (χ3n) is 6.02. The first-order valence-corrected chi connectivity index (χ1v) is 7.47. The normalized spacial score (nSPS) is 29.4. The summed E-state index contributed by atoms with van der Waals surface area (Å²) in [6.45, 7) is 7.17. The van der Waals surface area contributed by atoms with E-state index in [0.717, 1.165) is 11.3 Å². The summed E-state index contributed by atoms with van der Waals surface area (Å²) < 4.78 is 0. The molecule has 0 radical (unpaired) electrons. The van der Waals surface area contributed by atoms with E-state index in [4.69, 9.17) is 0 Å². The van der Waals surface area contributed by atoms with Crippen LogP contribution in [0.25, 0.3) is 11.3 Å².